The minimum Gasteiger partial charge on any atom is -0.468 e. The van der Waals surface area contributed by atoms with Gasteiger partial charge in [-0.25, -0.2) is 4.79 Å². The number of hydrogen-bond donors (Lipinski definition) is 0. The smallest absolute Gasteiger partial charge is 0.339 e. The van der Waals surface area contributed by atoms with Gasteiger partial charge in [0, 0.05) is 11.6 Å². The maximum atomic E-state index is 12.4. The van der Waals surface area contributed by atoms with E-state index in [-0.39, 0.29) is 22.1 Å². The first-order valence-electron chi connectivity index (χ1n) is 8.73. The van der Waals surface area contributed by atoms with Gasteiger partial charge in [-0.1, -0.05) is 11.6 Å². The lowest BCUT2D eigenvalue weighted by atomic mass is 10.1. The molecule has 0 atom stereocenters. The van der Waals surface area contributed by atoms with Crippen molar-refractivity contribution in [1.82, 2.24) is 4.90 Å². The van der Waals surface area contributed by atoms with Crippen LogP contribution in [0.15, 0.2) is 39.7 Å². The first-order valence-corrected chi connectivity index (χ1v) is 9.92. The normalized spacial score (nSPS) is 15.0. The Kier molecular flexibility index (Phi) is 6.63. The van der Waals surface area contributed by atoms with Gasteiger partial charge in [0.25, 0.3) is 11.1 Å². The minimum atomic E-state index is -0.695. The fraction of sp³-hybridized carbons (Fsp3) is 0.200. The molecule has 2 aromatic rings. The molecule has 30 heavy (non-hydrogen) atoms. The van der Waals surface area contributed by atoms with E-state index in [4.69, 9.17) is 20.8 Å². The minimum absolute atomic E-state index is 0.119. The molecule has 3 rings (SSSR count). The largest absolute Gasteiger partial charge is 0.468 e. The van der Waals surface area contributed by atoms with Gasteiger partial charge in [-0.05, 0) is 49.0 Å². The zero-order valence-corrected chi connectivity index (χ0v) is 17.5. The number of rotatable bonds is 6. The van der Waals surface area contributed by atoms with Crippen LogP contribution in [0, 0.1) is 0 Å². The predicted molar refractivity (Wildman–Crippen MR) is 110 cm³/mol. The van der Waals surface area contributed by atoms with E-state index in [1.807, 2.05) is 0 Å². The number of carbonyl (C=O) groups excluding carboxylic acids is 4. The Morgan fingerprint density at radius 1 is 1.23 bits per heavy atom. The van der Waals surface area contributed by atoms with E-state index in [9.17, 15) is 19.2 Å². The van der Waals surface area contributed by atoms with Gasteiger partial charge in [0.2, 0.25) is 0 Å². The Labute approximate surface area is 180 Å². The van der Waals surface area contributed by atoms with Crippen LogP contribution in [0.4, 0.5) is 4.79 Å². The van der Waals surface area contributed by atoms with Crippen LogP contribution >= 0.6 is 23.4 Å². The molecule has 10 heteroatoms. The third-order valence-electron chi connectivity index (χ3n) is 4.03. The highest BCUT2D eigenvalue weighted by Crippen LogP contribution is 2.33. The molecule has 0 aliphatic carbocycles. The standard InChI is InChI=1S/C20H16ClNO7S/c1-3-28-19(25)13-8-11(4-6-14(13)21)15-7-5-12(29-15)9-16-18(24)22(20(26)30-16)10-17(23)27-2/h4-9H,3,10H2,1-2H3/b16-9+. The van der Waals surface area contributed by atoms with Gasteiger partial charge >= 0.3 is 11.9 Å². The first kappa shape index (κ1) is 21.7. The second-order valence-electron chi connectivity index (χ2n) is 5.96. The highest BCUT2D eigenvalue weighted by molar-refractivity contribution is 8.18. The van der Waals surface area contributed by atoms with E-state index in [1.165, 1.54) is 13.2 Å². The maximum Gasteiger partial charge on any atom is 0.339 e. The number of esters is 2. The van der Waals surface area contributed by atoms with E-state index < -0.39 is 29.6 Å². The van der Waals surface area contributed by atoms with Gasteiger partial charge in [-0.3, -0.25) is 19.3 Å². The van der Waals surface area contributed by atoms with Crippen molar-refractivity contribution in [3.63, 3.8) is 0 Å². The molecular weight excluding hydrogens is 434 g/mol. The molecule has 0 bridgehead atoms. The molecule has 0 saturated carbocycles. The SMILES string of the molecule is CCOC(=O)c1cc(-c2ccc(/C=C3/SC(=O)N(CC(=O)OC)C3=O)o2)ccc1Cl. The van der Waals surface area contributed by atoms with Crippen molar-refractivity contribution in [2.24, 2.45) is 0 Å². The number of amides is 2. The number of nitrogens with zero attached hydrogens (tertiary/aromatic N) is 1. The molecule has 0 spiro atoms. The number of thioether (sulfide) groups is 1. The summed E-state index contributed by atoms with van der Waals surface area (Å²) in [5, 5.41) is -0.316. The third kappa shape index (κ3) is 4.58. The average Bonchev–Trinajstić information content (AvgIpc) is 3.28. The number of hydrogen-bond acceptors (Lipinski definition) is 8. The quantitative estimate of drug-likeness (QED) is 0.481. The van der Waals surface area contributed by atoms with Gasteiger partial charge in [0.15, 0.2) is 0 Å². The lowest BCUT2D eigenvalue weighted by Gasteiger charge is -2.09. The molecule has 0 unspecified atom stereocenters. The van der Waals surface area contributed by atoms with Crippen molar-refractivity contribution < 1.29 is 33.1 Å². The van der Waals surface area contributed by atoms with E-state index in [1.54, 1.807) is 37.3 Å². The number of furan rings is 1. The molecule has 0 N–H and O–H groups in total. The molecule has 1 saturated heterocycles. The topological polar surface area (TPSA) is 103 Å². The molecule has 1 aliphatic rings. The zero-order valence-electron chi connectivity index (χ0n) is 16.0. The molecule has 2 amide bonds. The van der Waals surface area contributed by atoms with Crippen LogP contribution < -0.4 is 0 Å². The molecule has 2 heterocycles. The van der Waals surface area contributed by atoms with Crippen LogP contribution in [-0.4, -0.2) is 48.2 Å². The van der Waals surface area contributed by atoms with E-state index in [2.05, 4.69) is 4.74 Å². The molecule has 0 radical (unpaired) electrons. The van der Waals surface area contributed by atoms with Crippen LogP contribution in [0.2, 0.25) is 5.02 Å². The zero-order chi connectivity index (χ0) is 21.8. The fourth-order valence-electron chi connectivity index (χ4n) is 2.59. The van der Waals surface area contributed by atoms with Gasteiger partial charge in [0.1, 0.15) is 18.1 Å². The Morgan fingerprint density at radius 2 is 2.00 bits per heavy atom. The van der Waals surface area contributed by atoms with Gasteiger partial charge in [-0.15, -0.1) is 0 Å². The number of imide groups is 1. The van der Waals surface area contributed by atoms with E-state index >= 15 is 0 Å². The van der Waals surface area contributed by atoms with Crippen LogP contribution in [0.25, 0.3) is 17.4 Å². The van der Waals surface area contributed by atoms with Crippen molar-refractivity contribution in [2.45, 2.75) is 6.92 Å². The predicted octanol–water partition coefficient (Wildman–Crippen LogP) is 3.99. The summed E-state index contributed by atoms with van der Waals surface area (Å²) in [6.45, 7) is 1.46. The molecule has 8 nitrogen and oxygen atoms in total. The van der Waals surface area contributed by atoms with Gasteiger partial charge in [-0.2, -0.15) is 0 Å². The number of benzene rings is 1. The summed E-state index contributed by atoms with van der Waals surface area (Å²) < 4.78 is 15.2. The van der Waals surface area contributed by atoms with Gasteiger partial charge < -0.3 is 13.9 Å². The monoisotopic (exact) mass is 449 g/mol. The molecule has 1 fully saturated rings. The van der Waals surface area contributed by atoms with Crippen LogP contribution in [0.1, 0.15) is 23.0 Å². The van der Waals surface area contributed by atoms with Crippen LogP contribution in [0.5, 0.6) is 0 Å². The summed E-state index contributed by atoms with van der Waals surface area (Å²) in [4.78, 5) is 48.7. The maximum absolute atomic E-state index is 12.4. The highest BCUT2D eigenvalue weighted by atomic mass is 35.5. The van der Waals surface area contributed by atoms with Crippen LogP contribution in [0.3, 0.4) is 0 Å². The first-order chi connectivity index (χ1) is 14.3. The Bertz CT molecular complexity index is 1060. The summed E-state index contributed by atoms with van der Waals surface area (Å²) in [5.74, 6) is -1.10. The molecular formula is C20H16ClNO7S. The highest BCUT2D eigenvalue weighted by Gasteiger charge is 2.36. The summed E-state index contributed by atoms with van der Waals surface area (Å²) in [7, 11) is 1.17. The summed E-state index contributed by atoms with van der Waals surface area (Å²) in [6.07, 6.45) is 1.41. The summed E-state index contributed by atoms with van der Waals surface area (Å²) in [5.41, 5.74) is 0.791. The van der Waals surface area contributed by atoms with Crippen LogP contribution in [-0.2, 0) is 19.1 Å². The van der Waals surface area contributed by atoms with Gasteiger partial charge in [0.05, 0.1) is 29.2 Å². The van der Waals surface area contributed by atoms with E-state index in [0.29, 0.717) is 28.8 Å². The van der Waals surface area contributed by atoms with Crippen molar-refractivity contribution in [3.05, 3.63) is 51.6 Å². The summed E-state index contributed by atoms with van der Waals surface area (Å²) >= 11 is 6.77. The Balaban J connectivity index is 1.83. The third-order valence-corrected chi connectivity index (χ3v) is 5.27. The lowest BCUT2D eigenvalue weighted by Crippen LogP contribution is -2.34. The number of methoxy groups -OCH3 is 1. The molecule has 1 aromatic carbocycles. The molecule has 1 aliphatic heterocycles. The molecule has 156 valence electrons. The fourth-order valence-corrected chi connectivity index (χ4v) is 3.60. The van der Waals surface area contributed by atoms with Crippen molar-refractivity contribution >= 4 is 52.5 Å². The van der Waals surface area contributed by atoms with Crippen molar-refractivity contribution in [3.8, 4) is 11.3 Å². The molecule has 1 aromatic heterocycles. The average molecular weight is 450 g/mol. The van der Waals surface area contributed by atoms with E-state index in [0.717, 1.165) is 4.90 Å². The number of carbonyl (C=O) groups is 4. The van der Waals surface area contributed by atoms with Crippen molar-refractivity contribution in [1.29, 1.82) is 0 Å². The Hall–Kier alpha value is -3.04. The van der Waals surface area contributed by atoms with Crippen molar-refractivity contribution in [2.75, 3.05) is 20.3 Å². The Morgan fingerprint density at radius 3 is 2.70 bits per heavy atom. The number of ether oxygens (including phenoxy) is 2. The second-order valence-corrected chi connectivity index (χ2v) is 7.36. The lowest BCUT2D eigenvalue weighted by molar-refractivity contribution is -0.143. The summed E-state index contributed by atoms with van der Waals surface area (Å²) in [6, 6.07) is 8.06. The number of halogens is 1. The second kappa shape index (κ2) is 9.19.